The van der Waals surface area contributed by atoms with Crippen molar-refractivity contribution in [1.29, 1.82) is 0 Å². The Balaban J connectivity index is 1.22. The van der Waals surface area contributed by atoms with Gasteiger partial charge in [0, 0.05) is 22.3 Å². The molecule has 0 radical (unpaired) electrons. The maximum atomic E-state index is 13.9. The van der Waals surface area contributed by atoms with Gasteiger partial charge in [0.25, 0.3) is 32.1 Å². The SMILES string of the molecule is O=C(Nc1cc2c(cc1S(=O)(=O)O)-c1cc(S(=O)(=O)O)c(NC(=O)c3ccc(S(=O)(=O)c4ccccc4)cc3)cc1S2(=O)=O)c1ccc(S(=O)(=O)c2ccccc2)cc1. The summed E-state index contributed by atoms with van der Waals surface area (Å²) in [6.07, 6.45) is 0. The Kier molecular flexibility index (Phi) is 10.2. The summed E-state index contributed by atoms with van der Waals surface area (Å²) in [7, 11) is -23.2. The fraction of sp³-hybridized carbons (Fsp3) is 0. The highest BCUT2D eigenvalue weighted by molar-refractivity contribution is 7.92. The molecule has 7 rings (SSSR count). The van der Waals surface area contributed by atoms with E-state index in [1.165, 1.54) is 48.5 Å². The molecule has 1 heterocycles. The zero-order chi connectivity index (χ0) is 42.7. The third-order valence-corrected chi connectivity index (χ3v) is 16.2. The van der Waals surface area contributed by atoms with Gasteiger partial charge >= 0.3 is 0 Å². The first-order valence-corrected chi connectivity index (χ1v) is 23.9. The van der Waals surface area contributed by atoms with E-state index in [1.54, 1.807) is 12.1 Å². The lowest BCUT2D eigenvalue weighted by Gasteiger charge is -2.13. The van der Waals surface area contributed by atoms with E-state index in [0.29, 0.717) is 24.3 Å². The van der Waals surface area contributed by atoms with Crippen molar-refractivity contribution in [3.63, 3.8) is 0 Å². The number of fused-ring (bicyclic) bond motifs is 3. The van der Waals surface area contributed by atoms with Crippen molar-refractivity contribution in [3.8, 4) is 11.1 Å². The second-order valence-electron chi connectivity index (χ2n) is 12.7. The highest BCUT2D eigenvalue weighted by atomic mass is 32.2. The van der Waals surface area contributed by atoms with Gasteiger partial charge in [-0.1, -0.05) is 36.4 Å². The fourth-order valence-electron chi connectivity index (χ4n) is 6.16. The molecule has 21 heteroatoms. The van der Waals surface area contributed by atoms with Gasteiger partial charge in [-0.25, -0.2) is 25.3 Å². The van der Waals surface area contributed by atoms with E-state index in [0.717, 1.165) is 48.5 Å². The molecule has 6 aromatic rings. The largest absolute Gasteiger partial charge is 0.321 e. The van der Waals surface area contributed by atoms with Crippen molar-refractivity contribution in [3.05, 3.63) is 145 Å². The lowest BCUT2D eigenvalue weighted by atomic mass is 10.0. The van der Waals surface area contributed by atoms with Crippen molar-refractivity contribution in [1.82, 2.24) is 0 Å². The van der Waals surface area contributed by atoms with Gasteiger partial charge in [-0.3, -0.25) is 18.7 Å². The van der Waals surface area contributed by atoms with Crippen LogP contribution in [0.2, 0.25) is 0 Å². The molecule has 59 heavy (non-hydrogen) atoms. The maximum Gasteiger partial charge on any atom is 0.296 e. The van der Waals surface area contributed by atoms with Crippen LogP contribution in [0.25, 0.3) is 11.1 Å². The Labute approximate surface area is 337 Å². The molecule has 6 aromatic carbocycles. The number of hydrogen-bond donors (Lipinski definition) is 4. The molecule has 0 aliphatic carbocycles. The molecule has 1 aliphatic rings. The normalized spacial score (nSPS) is 13.5. The number of anilines is 2. The van der Waals surface area contributed by atoms with Gasteiger partial charge in [0.2, 0.25) is 29.5 Å². The minimum absolute atomic E-state index is 0.0162. The second-order valence-corrected chi connectivity index (χ2v) is 21.3. The number of nitrogens with one attached hydrogen (secondary N) is 2. The molecule has 0 saturated heterocycles. The van der Waals surface area contributed by atoms with Crippen molar-refractivity contribution in [2.45, 2.75) is 39.2 Å². The monoisotopic (exact) mass is 894 g/mol. The van der Waals surface area contributed by atoms with Crippen LogP contribution >= 0.6 is 0 Å². The average Bonchev–Trinajstić information content (AvgIpc) is 3.41. The van der Waals surface area contributed by atoms with Crippen LogP contribution in [0.5, 0.6) is 0 Å². The van der Waals surface area contributed by atoms with Gasteiger partial charge in [0.1, 0.15) is 9.79 Å². The average molecular weight is 895 g/mol. The molecule has 0 spiro atoms. The molecule has 1 aliphatic heterocycles. The number of benzene rings is 6. The van der Waals surface area contributed by atoms with E-state index in [9.17, 15) is 60.8 Å². The lowest BCUT2D eigenvalue weighted by molar-refractivity contribution is 0.101. The third-order valence-electron chi connectivity index (χ3n) is 9.05. The highest BCUT2D eigenvalue weighted by Gasteiger charge is 2.38. The summed E-state index contributed by atoms with van der Waals surface area (Å²) in [5, 5.41) is 4.42. The summed E-state index contributed by atoms with van der Waals surface area (Å²) >= 11 is 0. The molecule has 0 fully saturated rings. The first kappa shape index (κ1) is 41.1. The zero-order valence-electron chi connectivity index (χ0n) is 29.5. The topological polar surface area (TPSA) is 269 Å². The number of sulfone groups is 3. The summed E-state index contributed by atoms with van der Waals surface area (Å²) in [6, 6.07) is 26.5. The number of hydrogen-bond acceptors (Lipinski definition) is 12. The molecule has 16 nitrogen and oxygen atoms in total. The van der Waals surface area contributed by atoms with Crippen LogP contribution < -0.4 is 10.6 Å². The van der Waals surface area contributed by atoms with Crippen LogP contribution in [0.15, 0.2) is 173 Å². The molecule has 2 amide bonds. The van der Waals surface area contributed by atoms with Crippen molar-refractivity contribution >= 4 is 72.9 Å². The summed E-state index contributed by atoms with van der Waals surface area (Å²) in [4.78, 5) is 22.9. The summed E-state index contributed by atoms with van der Waals surface area (Å²) < 4.78 is 150. The van der Waals surface area contributed by atoms with Crippen LogP contribution in [-0.4, -0.2) is 63.0 Å². The van der Waals surface area contributed by atoms with Gasteiger partial charge < -0.3 is 10.6 Å². The van der Waals surface area contributed by atoms with E-state index in [-0.39, 0.29) is 30.7 Å². The molecule has 0 atom stereocenters. The Morgan fingerprint density at radius 3 is 1.05 bits per heavy atom. The standard InChI is InChI=1S/C38H26N2O14S5/c41-37(23-11-15-27(16-12-23)55(43,44)25-7-3-1-4-8-25)39-31-21-33-29(19-35(31)58(49,50)51)30-20-36(59(52,53)54)32(22-34(30)57(33,47)48)40-38(42)24-13-17-28(18-14-24)56(45,46)26-9-5-2-6-10-26/h1-22H,(H,39,41)(H,40,42)(H,49,50,51)(H,52,53,54). The van der Waals surface area contributed by atoms with E-state index in [2.05, 4.69) is 10.6 Å². The van der Waals surface area contributed by atoms with Crippen LogP contribution in [0.3, 0.4) is 0 Å². The number of rotatable bonds is 10. The van der Waals surface area contributed by atoms with Gasteiger partial charge in [-0.15, -0.1) is 0 Å². The fourth-order valence-corrected chi connectivity index (χ4v) is 11.7. The first-order chi connectivity index (χ1) is 27.6. The first-order valence-electron chi connectivity index (χ1n) is 16.6. The molecular weight excluding hydrogens is 869 g/mol. The van der Waals surface area contributed by atoms with Crippen LogP contribution in [-0.2, 0) is 49.7 Å². The van der Waals surface area contributed by atoms with E-state index >= 15 is 0 Å². The van der Waals surface area contributed by atoms with Gasteiger partial charge in [-0.05, 0) is 97.1 Å². The molecule has 0 bridgehead atoms. The molecule has 0 saturated carbocycles. The predicted octanol–water partition coefficient (Wildman–Crippen LogP) is 5.16. The lowest BCUT2D eigenvalue weighted by Crippen LogP contribution is -2.16. The Morgan fingerprint density at radius 1 is 0.441 bits per heavy atom. The number of amides is 2. The van der Waals surface area contributed by atoms with Crippen molar-refractivity contribution < 1.29 is 60.8 Å². The van der Waals surface area contributed by atoms with Crippen LogP contribution in [0.4, 0.5) is 11.4 Å². The smallest absolute Gasteiger partial charge is 0.296 e. The van der Waals surface area contributed by atoms with Crippen molar-refractivity contribution in [2.24, 2.45) is 0 Å². The van der Waals surface area contributed by atoms with Gasteiger partial charge in [-0.2, -0.15) is 16.8 Å². The summed E-state index contributed by atoms with van der Waals surface area (Å²) in [6.45, 7) is 0. The Morgan fingerprint density at radius 2 is 0.746 bits per heavy atom. The predicted molar refractivity (Wildman–Crippen MR) is 210 cm³/mol. The van der Waals surface area contributed by atoms with E-state index < -0.39 is 104 Å². The van der Waals surface area contributed by atoms with E-state index in [1.807, 2.05) is 0 Å². The van der Waals surface area contributed by atoms with Gasteiger partial charge in [0.05, 0.1) is 40.7 Å². The van der Waals surface area contributed by atoms with Crippen molar-refractivity contribution in [2.75, 3.05) is 10.6 Å². The van der Waals surface area contributed by atoms with Crippen LogP contribution in [0.1, 0.15) is 20.7 Å². The number of carbonyl (C=O) groups excluding carboxylic acids is 2. The highest BCUT2D eigenvalue weighted by Crippen LogP contribution is 2.48. The van der Waals surface area contributed by atoms with Gasteiger partial charge in [0.15, 0.2) is 0 Å². The minimum Gasteiger partial charge on any atom is -0.321 e. The quantitative estimate of drug-likeness (QED) is 0.129. The Bertz CT molecular complexity index is 3090. The molecule has 0 aromatic heterocycles. The molecule has 302 valence electrons. The molecule has 0 unspecified atom stereocenters. The summed E-state index contributed by atoms with van der Waals surface area (Å²) in [5.74, 6) is -2.09. The molecular formula is C38H26N2O14S5. The van der Waals surface area contributed by atoms with E-state index in [4.69, 9.17) is 0 Å². The maximum absolute atomic E-state index is 13.9. The number of carbonyl (C=O) groups is 2. The molecule has 4 N–H and O–H groups in total. The Hall–Kier alpha value is -6.07. The third kappa shape index (κ3) is 7.67. The van der Waals surface area contributed by atoms with Crippen LogP contribution in [0, 0.1) is 0 Å². The summed E-state index contributed by atoms with van der Waals surface area (Å²) in [5.41, 5.74) is -2.77. The zero-order valence-corrected chi connectivity index (χ0v) is 33.6. The minimum atomic E-state index is -5.25. The second kappa shape index (κ2) is 14.6.